The number of anilines is 2. The highest BCUT2D eigenvalue weighted by molar-refractivity contribution is 6.30. The van der Waals surface area contributed by atoms with Crippen LogP contribution in [0.15, 0.2) is 24.3 Å². The molecule has 0 unspecified atom stereocenters. The molecule has 0 atom stereocenters. The summed E-state index contributed by atoms with van der Waals surface area (Å²) in [6.45, 7) is 4.29. The first-order valence-corrected chi connectivity index (χ1v) is 6.33. The number of rotatable bonds is 4. The van der Waals surface area contributed by atoms with Crippen LogP contribution in [0.25, 0.3) is 0 Å². The fourth-order valence-electron chi connectivity index (χ4n) is 1.76. The van der Waals surface area contributed by atoms with E-state index in [4.69, 9.17) is 16.3 Å². The van der Waals surface area contributed by atoms with Gasteiger partial charge in [0.15, 0.2) is 0 Å². The predicted molar refractivity (Wildman–Crippen MR) is 77.0 cm³/mol. The molecule has 1 heterocycles. The van der Waals surface area contributed by atoms with Gasteiger partial charge in [-0.2, -0.15) is 0 Å². The van der Waals surface area contributed by atoms with Gasteiger partial charge in [-0.15, -0.1) is 0 Å². The van der Waals surface area contributed by atoms with Gasteiger partial charge in [0.05, 0.1) is 6.61 Å². The van der Waals surface area contributed by atoms with E-state index in [1.807, 2.05) is 38.1 Å². The van der Waals surface area contributed by atoms with Crippen molar-refractivity contribution in [3.05, 3.63) is 46.4 Å². The second-order valence-corrected chi connectivity index (χ2v) is 4.65. The number of hydrogen-bond acceptors (Lipinski definition) is 4. The van der Waals surface area contributed by atoms with Gasteiger partial charge in [0.25, 0.3) is 0 Å². The second-order valence-electron chi connectivity index (χ2n) is 4.29. The molecule has 5 heteroatoms. The van der Waals surface area contributed by atoms with Gasteiger partial charge in [-0.3, -0.25) is 0 Å². The Kier molecular flexibility index (Phi) is 4.35. The number of benzene rings is 1. The molecular weight excluding hydrogens is 262 g/mol. The zero-order chi connectivity index (χ0) is 13.8. The maximum atomic E-state index is 6.06. The molecule has 0 radical (unpaired) electrons. The van der Waals surface area contributed by atoms with Gasteiger partial charge in [0.1, 0.15) is 16.8 Å². The molecule has 0 bridgehead atoms. The topological polar surface area (TPSA) is 47.0 Å². The van der Waals surface area contributed by atoms with E-state index in [1.54, 1.807) is 7.11 Å². The minimum Gasteiger partial charge on any atom is -0.380 e. The summed E-state index contributed by atoms with van der Waals surface area (Å²) < 4.78 is 5.12. The normalized spacial score (nSPS) is 10.5. The minimum atomic E-state index is 0.475. The second kappa shape index (κ2) is 5.99. The smallest absolute Gasteiger partial charge is 0.138 e. The Hall–Kier alpha value is -1.65. The van der Waals surface area contributed by atoms with E-state index in [-0.39, 0.29) is 0 Å². The van der Waals surface area contributed by atoms with Crippen LogP contribution in [0.2, 0.25) is 5.15 Å². The van der Waals surface area contributed by atoms with E-state index in [2.05, 4.69) is 15.3 Å². The number of methoxy groups -OCH3 is 1. The van der Waals surface area contributed by atoms with Crippen molar-refractivity contribution >= 4 is 23.1 Å². The molecule has 1 N–H and O–H groups in total. The molecule has 0 aliphatic carbocycles. The number of nitrogens with one attached hydrogen (secondary N) is 1. The van der Waals surface area contributed by atoms with Crippen LogP contribution >= 0.6 is 11.6 Å². The molecule has 100 valence electrons. The Bertz CT molecular complexity index is 587. The van der Waals surface area contributed by atoms with Gasteiger partial charge in [-0.05, 0) is 31.5 Å². The lowest BCUT2D eigenvalue weighted by atomic mass is 10.2. The van der Waals surface area contributed by atoms with Crippen molar-refractivity contribution < 1.29 is 4.74 Å². The summed E-state index contributed by atoms with van der Waals surface area (Å²) in [7, 11) is 1.68. The zero-order valence-corrected chi connectivity index (χ0v) is 12.0. The lowest BCUT2D eigenvalue weighted by Gasteiger charge is -2.11. The van der Waals surface area contributed by atoms with Crippen molar-refractivity contribution in [3.63, 3.8) is 0 Å². The predicted octanol–water partition coefficient (Wildman–Crippen LogP) is 3.64. The van der Waals surface area contributed by atoms with E-state index in [0.717, 1.165) is 22.6 Å². The molecule has 19 heavy (non-hydrogen) atoms. The van der Waals surface area contributed by atoms with Gasteiger partial charge in [-0.25, -0.2) is 9.97 Å². The van der Waals surface area contributed by atoms with Gasteiger partial charge in [-0.1, -0.05) is 23.7 Å². The molecule has 2 aromatic rings. The zero-order valence-electron chi connectivity index (χ0n) is 11.2. The van der Waals surface area contributed by atoms with Gasteiger partial charge >= 0.3 is 0 Å². The molecule has 2 rings (SSSR count). The van der Waals surface area contributed by atoms with Crippen LogP contribution in [-0.2, 0) is 11.3 Å². The SMILES string of the molecule is COCc1cccc(Nc2nc(C)nc(Cl)c2C)c1. The number of ether oxygens (including phenoxy) is 1. The van der Waals surface area contributed by atoms with Crippen molar-refractivity contribution in [1.29, 1.82) is 0 Å². The molecule has 0 amide bonds. The van der Waals surface area contributed by atoms with E-state index in [1.165, 1.54) is 0 Å². The largest absolute Gasteiger partial charge is 0.380 e. The molecule has 0 fully saturated rings. The molecule has 0 aliphatic rings. The molecule has 0 saturated heterocycles. The Morgan fingerprint density at radius 3 is 2.79 bits per heavy atom. The van der Waals surface area contributed by atoms with Crippen molar-refractivity contribution in [2.45, 2.75) is 20.5 Å². The molecule has 1 aromatic heterocycles. The highest BCUT2D eigenvalue weighted by atomic mass is 35.5. The number of hydrogen-bond donors (Lipinski definition) is 1. The fraction of sp³-hybridized carbons (Fsp3) is 0.286. The lowest BCUT2D eigenvalue weighted by molar-refractivity contribution is 0.185. The van der Waals surface area contributed by atoms with E-state index in [9.17, 15) is 0 Å². The minimum absolute atomic E-state index is 0.475. The highest BCUT2D eigenvalue weighted by Gasteiger charge is 2.07. The number of aromatic nitrogens is 2. The Morgan fingerprint density at radius 1 is 1.26 bits per heavy atom. The molecule has 4 nitrogen and oxygen atoms in total. The highest BCUT2D eigenvalue weighted by Crippen LogP contribution is 2.23. The van der Waals surface area contributed by atoms with E-state index in [0.29, 0.717) is 17.6 Å². The monoisotopic (exact) mass is 277 g/mol. The van der Waals surface area contributed by atoms with Gasteiger partial charge in [0, 0.05) is 18.4 Å². The van der Waals surface area contributed by atoms with Crippen molar-refractivity contribution in [2.24, 2.45) is 0 Å². The van der Waals surface area contributed by atoms with Crippen LogP contribution in [0.3, 0.4) is 0 Å². The quantitative estimate of drug-likeness (QED) is 0.867. The maximum Gasteiger partial charge on any atom is 0.138 e. The third kappa shape index (κ3) is 3.43. The summed E-state index contributed by atoms with van der Waals surface area (Å²) in [6, 6.07) is 7.99. The Morgan fingerprint density at radius 2 is 2.05 bits per heavy atom. The molecule has 0 aliphatic heterocycles. The number of aryl methyl sites for hydroxylation is 1. The van der Waals surface area contributed by atoms with Gasteiger partial charge < -0.3 is 10.1 Å². The van der Waals surface area contributed by atoms with Crippen molar-refractivity contribution in [2.75, 3.05) is 12.4 Å². The van der Waals surface area contributed by atoms with Crippen LogP contribution in [-0.4, -0.2) is 17.1 Å². The van der Waals surface area contributed by atoms with E-state index >= 15 is 0 Å². The number of halogens is 1. The van der Waals surface area contributed by atoms with Gasteiger partial charge in [0.2, 0.25) is 0 Å². The summed E-state index contributed by atoms with van der Waals surface area (Å²) in [4.78, 5) is 8.48. The summed E-state index contributed by atoms with van der Waals surface area (Å²) in [5, 5.41) is 3.74. The first-order chi connectivity index (χ1) is 9.10. The Labute approximate surface area is 117 Å². The first kappa shape index (κ1) is 13.8. The lowest BCUT2D eigenvalue weighted by Crippen LogP contribution is -2.01. The summed E-state index contributed by atoms with van der Waals surface area (Å²) in [5.41, 5.74) is 2.89. The summed E-state index contributed by atoms with van der Waals surface area (Å²) >= 11 is 6.06. The third-order valence-corrected chi connectivity index (χ3v) is 3.07. The molecular formula is C14H16ClN3O. The van der Waals surface area contributed by atoms with Crippen LogP contribution in [0.4, 0.5) is 11.5 Å². The average molecular weight is 278 g/mol. The standard InChI is InChI=1S/C14H16ClN3O/c1-9-13(15)16-10(2)17-14(9)18-12-6-4-5-11(7-12)8-19-3/h4-7H,8H2,1-3H3,(H,16,17,18). The van der Waals surface area contributed by atoms with Crippen LogP contribution < -0.4 is 5.32 Å². The van der Waals surface area contributed by atoms with Crippen LogP contribution in [0, 0.1) is 13.8 Å². The fourth-order valence-corrected chi connectivity index (χ4v) is 1.97. The summed E-state index contributed by atoms with van der Waals surface area (Å²) in [6.07, 6.45) is 0. The first-order valence-electron chi connectivity index (χ1n) is 5.96. The van der Waals surface area contributed by atoms with Crippen LogP contribution in [0.5, 0.6) is 0 Å². The molecule has 0 saturated carbocycles. The average Bonchev–Trinajstić information content (AvgIpc) is 2.36. The molecule has 1 aromatic carbocycles. The van der Waals surface area contributed by atoms with Crippen LogP contribution in [0.1, 0.15) is 17.0 Å². The summed E-state index contributed by atoms with van der Waals surface area (Å²) in [5.74, 6) is 1.37. The maximum absolute atomic E-state index is 6.06. The van der Waals surface area contributed by atoms with E-state index < -0.39 is 0 Å². The van der Waals surface area contributed by atoms with Crippen molar-refractivity contribution in [1.82, 2.24) is 9.97 Å². The number of nitrogens with zero attached hydrogens (tertiary/aromatic N) is 2. The molecule has 0 spiro atoms. The third-order valence-electron chi connectivity index (χ3n) is 2.70. The van der Waals surface area contributed by atoms with Crippen molar-refractivity contribution in [3.8, 4) is 0 Å². The Balaban J connectivity index is 2.28.